The summed E-state index contributed by atoms with van der Waals surface area (Å²) < 4.78 is 5.90. The van der Waals surface area contributed by atoms with Gasteiger partial charge in [0.1, 0.15) is 6.10 Å². The molecule has 1 heterocycles. The summed E-state index contributed by atoms with van der Waals surface area (Å²) in [6.45, 7) is 0. The third-order valence-electron chi connectivity index (χ3n) is 8.40. The Labute approximate surface area is 171 Å². The molecule has 6 aliphatic carbocycles. The minimum absolute atomic E-state index is 0.0356. The number of aliphatic hydroxyl groups is 1. The SMILES string of the molecule is O=C(NC1C2CC3CC1CC(O)(C3)C2)c1cnc(OC2CCC2)nc1C1CCC1. The zero-order valence-corrected chi connectivity index (χ0v) is 17.0. The maximum Gasteiger partial charge on any atom is 0.316 e. The number of amides is 1. The van der Waals surface area contributed by atoms with Crippen molar-refractivity contribution in [3.8, 4) is 6.01 Å². The molecular formula is C23H31N3O3. The quantitative estimate of drug-likeness (QED) is 0.796. The number of rotatable bonds is 5. The van der Waals surface area contributed by atoms with Gasteiger partial charge >= 0.3 is 6.01 Å². The van der Waals surface area contributed by atoms with E-state index in [0.717, 1.165) is 63.5 Å². The molecule has 0 aliphatic heterocycles. The normalized spacial score (nSPS) is 38.4. The minimum Gasteiger partial charge on any atom is -0.460 e. The van der Waals surface area contributed by atoms with Crippen LogP contribution in [0.15, 0.2) is 6.20 Å². The largest absolute Gasteiger partial charge is 0.460 e. The van der Waals surface area contributed by atoms with Gasteiger partial charge in [0.25, 0.3) is 5.91 Å². The summed E-state index contributed by atoms with van der Waals surface area (Å²) >= 11 is 0. The highest BCUT2D eigenvalue weighted by Crippen LogP contribution is 2.55. The highest BCUT2D eigenvalue weighted by molar-refractivity contribution is 5.95. The van der Waals surface area contributed by atoms with Gasteiger partial charge in [-0.3, -0.25) is 4.79 Å². The Morgan fingerprint density at radius 1 is 1.10 bits per heavy atom. The highest BCUT2D eigenvalue weighted by Gasteiger charge is 2.55. The van der Waals surface area contributed by atoms with Crippen LogP contribution in [0.4, 0.5) is 0 Å². The van der Waals surface area contributed by atoms with Gasteiger partial charge in [0.2, 0.25) is 0 Å². The summed E-state index contributed by atoms with van der Waals surface area (Å²) in [6.07, 6.45) is 13.6. The van der Waals surface area contributed by atoms with Crippen LogP contribution in [0.3, 0.4) is 0 Å². The molecule has 0 radical (unpaired) electrons. The predicted octanol–water partition coefficient (Wildman–Crippen LogP) is 3.34. The molecule has 0 saturated heterocycles. The zero-order chi connectivity index (χ0) is 19.6. The Balaban J connectivity index is 1.22. The van der Waals surface area contributed by atoms with Gasteiger partial charge in [-0.1, -0.05) is 6.42 Å². The Kier molecular flexibility index (Phi) is 4.16. The first kappa shape index (κ1) is 18.1. The van der Waals surface area contributed by atoms with Crippen molar-refractivity contribution < 1.29 is 14.6 Å². The molecule has 0 spiro atoms. The summed E-state index contributed by atoms with van der Waals surface area (Å²) in [6, 6.07) is 0.615. The second-order valence-corrected chi connectivity index (χ2v) is 10.4. The molecule has 1 amide bonds. The lowest BCUT2D eigenvalue weighted by Gasteiger charge is -2.58. The summed E-state index contributed by atoms with van der Waals surface area (Å²) in [5.41, 5.74) is 1.03. The monoisotopic (exact) mass is 397 g/mol. The smallest absolute Gasteiger partial charge is 0.316 e. The Bertz CT molecular complexity index is 804. The number of hydrogen-bond donors (Lipinski definition) is 2. The van der Waals surface area contributed by atoms with Crippen molar-refractivity contribution in [3.05, 3.63) is 17.5 Å². The summed E-state index contributed by atoms with van der Waals surface area (Å²) in [5, 5.41) is 14.2. The molecule has 7 rings (SSSR count). The molecular weight excluding hydrogens is 366 g/mol. The standard InChI is InChI=1S/C23H31N3O3/c27-21(25-19-15-7-13-8-16(19)11-23(28,9-13)10-15)18-12-24-22(29-17-5-2-6-17)26-20(18)14-3-1-4-14/h12-17,19,28H,1-11H2,(H,25,27). The Morgan fingerprint density at radius 3 is 2.41 bits per heavy atom. The molecule has 6 fully saturated rings. The first-order chi connectivity index (χ1) is 14.1. The fraction of sp³-hybridized carbons (Fsp3) is 0.783. The Morgan fingerprint density at radius 2 is 1.83 bits per heavy atom. The predicted molar refractivity (Wildman–Crippen MR) is 107 cm³/mol. The van der Waals surface area contributed by atoms with E-state index in [-0.39, 0.29) is 18.1 Å². The van der Waals surface area contributed by atoms with Gasteiger partial charge in [0.05, 0.1) is 16.9 Å². The van der Waals surface area contributed by atoms with Crippen LogP contribution in [-0.4, -0.2) is 38.7 Å². The molecule has 6 aliphatic rings. The van der Waals surface area contributed by atoms with Gasteiger partial charge in [-0.05, 0) is 82.0 Å². The van der Waals surface area contributed by atoms with Crippen molar-refractivity contribution in [2.24, 2.45) is 17.8 Å². The van der Waals surface area contributed by atoms with Crippen LogP contribution in [-0.2, 0) is 0 Å². The molecule has 1 aromatic heterocycles. The fourth-order valence-corrected chi connectivity index (χ4v) is 6.69. The molecule has 4 bridgehead atoms. The number of hydrogen-bond acceptors (Lipinski definition) is 5. The zero-order valence-electron chi connectivity index (χ0n) is 17.0. The number of carbonyl (C=O) groups excluding carboxylic acids is 1. The maximum absolute atomic E-state index is 13.3. The van der Waals surface area contributed by atoms with E-state index in [1.165, 1.54) is 12.8 Å². The molecule has 6 heteroatoms. The lowest BCUT2D eigenvalue weighted by Crippen LogP contribution is -2.61. The first-order valence-electron chi connectivity index (χ1n) is 11.6. The molecule has 2 unspecified atom stereocenters. The van der Waals surface area contributed by atoms with Crippen LogP contribution < -0.4 is 10.1 Å². The average molecular weight is 398 g/mol. The van der Waals surface area contributed by atoms with Crippen LogP contribution in [0.1, 0.15) is 92.6 Å². The fourth-order valence-electron chi connectivity index (χ4n) is 6.69. The van der Waals surface area contributed by atoms with E-state index in [2.05, 4.69) is 10.3 Å². The third-order valence-corrected chi connectivity index (χ3v) is 8.40. The van der Waals surface area contributed by atoms with Crippen molar-refractivity contribution in [3.63, 3.8) is 0 Å². The first-order valence-corrected chi connectivity index (χ1v) is 11.6. The summed E-state index contributed by atoms with van der Waals surface area (Å²) in [7, 11) is 0. The van der Waals surface area contributed by atoms with Crippen molar-refractivity contribution in [1.29, 1.82) is 0 Å². The second-order valence-electron chi connectivity index (χ2n) is 10.4. The molecule has 156 valence electrons. The van der Waals surface area contributed by atoms with Crippen molar-refractivity contribution >= 4 is 5.91 Å². The van der Waals surface area contributed by atoms with E-state index in [9.17, 15) is 9.90 Å². The van der Waals surface area contributed by atoms with E-state index in [1.54, 1.807) is 6.20 Å². The van der Waals surface area contributed by atoms with Gasteiger partial charge in [-0.15, -0.1) is 0 Å². The summed E-state index contributed by atoms with van der Waals surface area (Å²) in [4.78, 5) is 22.4. The van der Waals surface area contributed by atoms with Crippen molar-refractivity contribution in [1.82, 2.24) is 15.3 Å². The topological polar surface area (TPSA) is 84.3 Å². The molecule has 29 heavy (non-hydrogen) atoms. The molecule has 6 nitrogen and oxygen atoms in total. The number of aromatic nitrogens is 2. The van der Waals surface area contributed by atoms with Crippen molar-refractivity contribution in [2.45, 2.75) is 94.3 Å². The number of nitrogens with one attached hydrogen (secondary N) is 1. The van der Waals surface area contributed by atoms with Gasteiger partial charge in [-0.2, -0.15) is 4.98 Å². The Hall–Kier alpha value is -1.69. The summed E-state index contributed by atoms with van der Waals surface area (Å²) in [5.74, 6) is 1.77. The molecule has 1 aromatic rings. The average Bonchev–Trinajstić information content (AvgIpc) is 2.58. The van der Waals surface area contributed by atoms with E-state index in [4.69, 9.17) is 9.72 Å². The number of carbonyl (C=O) groups is 1. The van der Waals surface area contributed by atoms with Gasteiger partial charge in [0.15, 0.2) is 0 Å². The highest BCUT2D eigenvalue weighted by atomic mass is 16.5. The van der Waals surface area contributed by atoms with Gasteiger partial charge in [0, 0.05) is 18.2 Å². The molecule has 0 aromatic carbocycles. The maximum atomic E-state index is 13.3. The van der Waals surface area contributed by atoms with E-state index >= 15 is 0 Å². The number of ether oxygens (including phenoxy) is 1. The van der Waals surface area contributed by atoms with Crippen LogP contribution in [0, 0.1) is 17.8 Å². The van der Waals surface area contributed by atoms with Gasteiger partial charge in [-0.25, -0.2) is 4.98 Å². The van der Waals surface area contributed by atoms with Crippen molar-refractivity contribution in [2.75, 3.05) is 0 Å². The lowest BCUT2D eigenvalue weighted by molar-refractivity contribution is -0.136. The van der Waals surface area contributed by atoms with Gasteiger partial charge < -0.3 is 15.2 Å². The van der Waals surface area contributed by atoms with Crippen LogP contribution >= 0.6 is 0 Å². The van der Waals surface area contributed by atoms with Crippen LogP contribution in [0.25, 0.3) is 0 Å². The third kappa shape index (κ3) is 3.15. The second kappa shape index (κ2) is 6.66. The molecule has 2 N–H and O–H groups in total. The van der Waals surface area contributed by atoms with E-state index in [0.29, 0.717) is 35.2 Å². The van der Waals surface area contributed by atoms with E-state index < -0.39 is 5.60 Å². The van der Waals surface area contributed by atoms with E-state index in [1.807, 2.05) is 0 Å². The molecule has 2 atom stereocenters. The lowest BCUT2D eigenvalue weighted by atomic mass is 9.52. The van der Waals surface area contributed by atoms with Crippen LogP contribution in [0.2, 0.25) is 0 Å². The minimum atomic E-state index is -0.474. The molecule has 6 saturated carbocycles. The van der Waals surface area contributed by atoms with Crippen LogP contribution in [0.5, 0.6) is 6.01 Å². The number of nitrogens with zero attached hydrogens (tertiary/aromatic N) is 2.